The number of rotatable bonds is 9. The number of thiazole rings is 1. The number of hydrogen-bond acceptors (Lipinski definition) is 7. The molecule has 0 fully saturated rings. The zero-order valence-corrected chi connectivity index (χ0v) is 25.4. The van der Waals surface area contributed by atoms with E-state index >= 15 is 0 Å². The maximum atomic E-state index is 13.4. The Kier molecular flexibility index (Phi) is 12.1. The minimum Gasteiger partial charge on any atom is -0.491 e. The van der Waals surface area contributed by atoms with Gasteiger partial charge in [-0.3, -0.25) is 19.2 Å². The van der Waals surface area contributed by atoms with Crippen molar-refractivity contribution in [3.63, 3.8) is 0 Å². The number of carbonyl (C=O) groups is 4. The molecule has 3 rings (SSSR count). The molecule has 1 aromatic carbocycles. The first-order valence-corrected chi connectivity index (χ1v) is 15.3. The van der Waals surface area contributed by atoms with Gasteiger partial charge in [0, 0.05) is 24.0 Å². The summed E-state index contributed by atoms with van der Waals surface area (Å²) in [5.74, 6) is -1.32. The molecule has 4 N–H and O–H groups in total. The van der Waals surface area contributed by atoms with E-state index in [2.05, 4.69) is 40.1 Å². The van der Waals surface area contributed by atoms with Gasteiger partial charge in [-0.25, -0.2) is 4.98 Å². The molecule has 41 heavy (non-hydrogen) atoms. The number of aryl methyl sites for hydroxylation is 2. The first-order valence-electron chi connectivity index (χ1n) is 14.4. The van der Waals surface area contributed by atoms with E-state index in [4.69, 9.17) is 4.74 Å². The molecule has 0 radical (unpaired) electrons. The molecule has 4 atom stereocenters. The van der Waals surface area contributed by atoms with Gasteiger partial charge in [-0.2, -0.15) is 0 Å². The van der Waals surface area contributed by atoms with Crippen LogP contribution in [0.25, 0.3) is 0 Å². The molecule has 0 spiro atoms. The predicted octanol–water partition coefficient (Wildman–Crippen LogP) is 3.14. The second kappa shape index (κ2) is 15.5. The Morgan fingerprint density at radius 1 is 1.15 bits per heavy atom. The first kappa shape index (κ1) is 32.0. The van der Waals surface area contributed by atoms with Crippen LogP contribution >= 0.6 is 11.3 Å². The van der Waals surface area contributed by atoms with E-state index in [0.717, 1.165) is 10.7 Å². The lowest BCUT2D eigenvalue weighted by molar-refractivity contribution is -0.132. The van der Waals surface area contributed by atoms with E-state index in [0.29, 0.717) is 38.0 Å². The minimum atomic E-state index is -1.14. The molecule has 0 saturated heterocycles. The Hall–Kier alpha value is -3.47. The van der Waals surface area contributed by atoms with Crippen molar-refractivity contribution in [1.82, 2.24) is 26.3 Å². The molecule has 1 aliphatic rings. The van der Waals surface area contributed by atoms with E-state index in [-0.39, 0.29) is 42.4 Å². The lowest BCUT2D eigenvalue weighted by atomic mass is 9.96. The minimum absolute atomic E-state index is 0.149. The number of nitrogens with one attached hydrogen (secondary N) is 4. The summed E-state index contributed by atoms with van der Waals surface area (Å²) in [6.45, 7) is 10.4. The SMILES string of the molecule is CC[C@H](C)[C@@H]1NC(=O)C[C@@H](C(=O)NCCCc2nc(C)cs2)NC(=O)c2ccccc2OC[C@H](CC(C)C)NC1=O. The van der Waals surface area contributed by atoms with E-state index in [1.54, 1.807) is 35.6 Å². The van der Waals surface area contributed by atoms with Crippen LogP contribution in [0.15, 0.2) is 29.6 Å². The number of aromatic nitrogens is 1. The molecule has 1 aliphatic heterocycles. The van der Waals surface area contributed by atoms with Crippen LogP contribution in [-0.2, 0) is 20.8 Å². The number of fused-ring (bicyclic) bond motifs is 1. The smallest absolute Gasteiger partial charge is 0.255 e. The fourth-order valence-electron chi connectivity index (χ4n) is 4.66. The van der Waals surface area contributed by atoms with Crippen molar-refractivity contribution in [3.8, 4) is 5.75 Å². The molecule has 0 saturated carbocycles. The number of carbonyl (C=O) groups excluding carboxylic acids is 4. The van der Waals surface area contributed by atoms with E-state index < -0.39 is 29.8 Å². The van der Waals surface area contributed by atoms with Crippen molar-refractivity contribution in [1.29, 1.82) is 0 Å². The third kappa shape index (κ3) is 9.84. The number of ether oxygens (including phenoxy) is 1. The van der Waals surface area contributed by atoms with Crippen LogP contribution < -0.4 is 26.0 Å². The van der Waals surface area contributed by atoms with Gasteiger partial charge in [0.25, 0.3) is 5.91 Å². The highest BCUT2D eigenvalue weighted by atomic mass is 32.1. The highest BCUT2D eigenvalue weighted by molar-refractivity contribution is 7.09. The fourth-order valence-corrected chi connectivity index (χ4v) is 5.47. The summed E-state index contributed by atoms with van der Waals surface area (Å²) in [6, 6.07) is 4.49. The second-order valence-electron chi connectivity index (χ2n) is 11.1. The van der Waals surface area contributed by atoms with Gasteiger partial charge in [0.2, 0.25) is 17.7 Å². The maximum Gasteiger partial charge on any atom is 0.255 e. The standard InChI is InChI=1S/C30H43N5O5S/c1-6-19(4)27-30(39)33-21(14-18(2)3)16-40-24-11-8-7-10-22(24)28(37)34-23(15-25(36)35-27)29(38)31-13-9-12-26-32-20(5)17-41-26/h7-8,10-11,17-19,21,23,27H,6,9,12-16H2,1-5H3,(H,31,38)(H,33,39)(H,34,37)(H,35,36)/t19-,21-,23-,27-/m0/s1. The average Bonchev–Trinajstić information content (AvgIpc) is 3.35. The van der Waals surface area contributed by atoms with Crippen molar-refractivity contribution in [2.24, 2.45) is 11.8 Å². The quantitative estimate of drug-likeness (QED) is 0.334. The molecule has 1 aromatic heterocycles. The normalized spacial score (nSPS) is 21.0. The number of amides is 4. The molecular weight excluding hydrogens is 542 g/mol. The summed E-state index contributed by atoms with van der Waals surface area (Å²) in [6.07, 6.45) is 2.38. The summed E-state index contributed by atoms with van der Waals surface area (Å²) in [7, 11) is 0. The lowest BCUT2D eigenvalue weighted by Gasteiger charge is -2.29. The fraction of sp³-hybridized carbons (Fsp3) is 0.567. The summed E-state index contributed by atoms with van der Waals surface area (Å²) >= 11 is 1.58. The third-order valence-electron chi connectivity index (χ3n) is 7.03. The lowest BCUT2D eigenvalue weighted by Crippen LogP contribution is -2.56. The molecule has 10 nitrogen and oxygen atoms in total. The summed E-state index contributed by atoms with van der Waals surface area (Å²) in [4.78, 5) is 57.6. The number of para-hydroxylation sites is 1. The highest BCUT2D eigenvalue weighted by Gasteiger charge is 2.32. The molecule has 2 aromatic rings. The third-order valence-corrected chi connectivity index (χ3v) is 8.06. The van der Waals surface area contributed by atoms with Crippen LogP contribution in [0.1, 0.15) is 74.4 Å². The number of benzene rings is 1. The van der Waals surface area contributed by atoms with Gasteiger partial charge in [-0.15, -0.1) is 11.3 Å². The molecule has 0 unspecified atom stereocenters. The van der Waals surface area contributed by atoms with Gasteiger partial charge in [0.1, 0.15) is 24.4 Å². The summed E-state index contributed by atoms with van der Waals surface area (Å²) in [5, 5.41) is 14.4. The Bertz CT molecular complexity index is 1200. The Balaban J connectivity index is 1.82. The van der Waals surface area contributed by atoms with Gasteiger partial charge >= 0.3 is 0 Å². The van der Waals surface area contributed by atoms with Crippen LogP contribution in [0, 0.1) is 18.8 Å². The van der Waals surface area contributed by atoms with Crippen molar-refractivity contribution in [2.45, 2.75) is 84.8 Å². The van der Waals surface area contributed by atoms with Crippen molar-refractivity contribution < 1.29 is 23.9 Å². The Morgan fingerprint density at radius 3 is 2.59 bits per heavy atom. The van der Waals surface area contributed by atoms with Gasteiger partial charge < -0.3 is 26.0 Å². The summed E-state index contributed by atoms with van der Waals surface area (Å²) < 4.78 is 6.06. The largest absolute Gasteiger partial charge is 0.491 e. The molecule has 0 aliphatic carbocycles. The van der Waals surface area contributed by atoms with Crippen LogP contribution in [0.4, 0.5) is 0 Å². The topological polar surface area (TPSA) is 139 Å². The van der Waals surface area contributed by atoms with Crippen molar-refractivity contribution >= 4 is 35.0 Å². The summed E-state index contributed by atoms with van der Waals surface area (Å²) in [5.41, 5.74) is 1.21. The van der Waals surface area contributed by atoms with E-state index in [1.165, 1.54) is 0 Å². The predicted molar refractivity (Wildman–Crippen MR) is 159 cm³/mol. The van der Waals surface area contributed by atoms with Gasteiger partial charge in [-0.1, -0.05) is 46.2 Å². The van der Waals surface area contributed by atoms with Crippen LogP contribution in [-0.4, -0.2) is 59.9 Å². The molecular formula is C30H43N5O5S. The van der Waals surface area contributed by atoms with Gasteiger partial charge in [0.15, 0.2) is 0 Å². The molecule has 0 bridgehead atoms. The average molecular weight is 586 g/mol. The van der Waals surface area contributed by atoms with Crippen molar-refractivity contribution in [3.05, 3.63) is 45.9 Å². The highest BCUT2D eigenvalue weighted by Crippen LogP contribution is 2.20. The van der Waals surface area contributed by atoms with Gasteiger partial charge in [-0.05, 0) is 43.7 Å². The van der Waals surface area contributed by atoms with E-state index in [1.807, 2.05) is 26.2 Å². The zero-order chi connectivity index (χ0) is 29.9. The maximum absolute atomic E-state index is 13.4. The Morgan fingerprint density at radius 2 is 1.90 bits per heavy atom. The molecule has 2 heterocycles. The molecule has 4 amide bonds. The monoisotopic (exact) mass is 585 g/mol. The van der Waals surface area contributed by atoms with E-state index in [9.17, 15) is 19.2 Å². The number of nitrogens with zero attached hydrogens (tertiary/aromatic N) is 1. The van der Waals surface area contributed by atoms with Crippen LogP contribution in [0.5, 0.6) is 5.75 Å². The first-order chi connectivity index (χ1) is 19.6. The number of hydrogen-bond donors (Lipinski definition) is 4. The zero-order valence-electron chi connectivity index (χ0n) is 24.6. The molecule has 224 valence electrons. The van der Waals surface area contributed by atoms with Crippen LogP contribution in [0.2, 0.25) is 0 Å². The molecule has 11 heteroatoms. The Labute approximate surface area is 246 Å². The second-order valence-corrected chi connectivity index (χ2v) is 12.0. The van der Waals surface area contributed by atoms with Gasteiger partial charge in [0.05, 0.1) is 23.0 Å². The van der Waals surface area contributed by atoms with Crippen molar-refractivity contribution in [2.75, 3.05) is 13.2 Å². The van der Waals surface area contributed by atoms with Crippen LogP contribution in [0.3, 0.4) is 0 Å².